The minimum atomic E-state index is -0.240. The summed E-state index contributed by atoms with van der Waals surface area (Å²) in [6.07, 6.45) is 3.89. The van der Waals surface area contributed by atoms with Gasteiger partial charge in [0.05, 0.1) is 6.42 Å². The largest absolute Gasteiger partial charge is 0.339 e. The van der Waals surface area contributed by atoms with Crippen molar-refractivity contribution in [2.45, 2.75) is 43.7 Å². The molecule has 2 aliphatic rings. The monoisotopic (exact) mass is 363 g/mol. The fourth-order valence-electron chi connectivity index (χ4n) is 4.76. The molecule has 3 atom stereocenters. The van der Waals surface area contributed by atoms with Crippen LogP contribution in [0.3, 0.4) is 0 Å². The van der Waals surface area contributed by atoms with Gasteiger partial charge >= 0.3 is 0 Å². The predicted molar refractivity (Wildman–Crippen MR) is 99.8 cm³/mol. The van der Waals surface area contributed by atoms with Crippen LogP contribution in [0.2, 0.25) is 0 Å². The van der Waals surface area contributed by atoms with Crippen LogP contribution >= 0.6 is 0 Å². The second-order valence-corrected chi connectivity index (χ2v) is 7.57. The number of aromatic nitrogens is 2. The SMILES string of the molecule is Fc1cccc(Cc2nc([C@H]3C[C@@H](c4ccccc4)N4CCC[C@H]34)no2)c1. The summed E-state index contributed by atoms with van der Waals surface area (Å²) in [6.45, 7) is 1.13. The number of hydrogen-bond donors (Lipinski definition) is 0. The Bertz CT molecular complexity index is 926. The van der Waals surface area contributed by atoms with E-state index in [1.54, 1.807) is 6.07 Å². The predicted octanol–water partition coefficient (Wildman–Crippen LogP) is 4.49. The number of hydrogen-bond acceptors (Lipinski definition) is 4. The van der Waals surface area contributed by atoms with Crippen LogP contribution in [0.5, 0.6) is 0 Å². The third kappa shape index (κ3) is 3.16. The van der Waals surface area contributed by atoms with Gasteiger partial charge < -0.3 is 4.52 Å². The number of fused-ring (bicyclic) bond motifs is 1. The Morgan fingerprint density at radius 3 is 2.85 bits per heavy atom. The van der Waals surface area contributed by atoms with Crippen LogP contribution in [0, 0.1) is 5.82 Å². The molecule has 0 bridgehead atoms. The van der Waals surface area contributed by atoms with Crippen LogP contribution in [0.1, 0.15) is 54.1 Å². The molecule has 0 unspecified atom stereocenters. The van der Waals surface area contributed by atoms with E-state index in [1.165, 1.54) is 30.5 Å². The van der Waals surface area contributed by atoms with E-state index in [9.17, 15) is 4.39 Å². The van der Waals surface area contributed by atoms with Crippen molar-refractivity contribution >= 4 is 0 Å². The normalized spacial score (nSPS) is 25.0. The maximum atomic E-state index is 13.4. The van der Waals surface area contributed by atoms with Gasteiger partial charge in [-0.05, 0) is 49.1 Å². The molecular weight excluding hydrogens is 341 g/mol. The van der Waals surface area contributed by atoms with E-state index in [1.807, 2.05) is 6.07 Å². The summed E-state index contributed by atoms with van der Waals surface area (Å²) in [5.41, 5.74) is 2.22. The summed E-state index contributed by atoms with van der Waals surface area (Å²) in [6, 6.07) is 18.2. The van der Waals surface area contributed by atoms with E-state index in [-0.39, 0.29) is 5.82 Å². The number of rotatable bonds is 4. The van der Waals surface area contributed by atoms with Crippen molar-refractivity contribution in [1.82, 2.24) is 15.0 Å². The minimum absolute atomic E-state index is 0.240. The van der Waals surface area contributed by atoms with Crippen molar-refractivity contribution in [1.29, 1.82) is 0 Å². The first-order valence-corrected chi connectivity index (χ1v) is 9.65. The summed E-state index contributed by atoms with van der Waals surface area (Å²) in [5.74, 6) is 1.41. The van der Waals surface area contributed by atoms with Gasteiger partial charge in [0.25, 0.3) is 0 Å². The topological polar surface area (TPSA) is 42.2 Å². The molecule has 2 fully saturated rings. The smallest absolute Gasteiger partial charge is 0.231 e. The second-order valence-electron chi connectivity index (χ2n) is 7.57. The van der Waals surface area contributed by atoms with Crippen LogP contribution in [-0.2, 0) is 6.42 Å². The van der Waals surface area contributed by atoms with E-state index in [4.69, 9.17) is 4.52 Å². The first kappa shape index (κ1) is 16.6. The molecule has 0 spiro atoms. The Morgan fingerprint density at radius 1 is 1.11 bits per heavy atom. The lowest BCUT2D eigenvalue weighted by Gasteiger charge is -2.24. The van der Waals surface area contributed by atoms with Crippen molar-refractivity contribution in [3.8, 4) is 0 Å². The second kappa shape index (κ2) is 6.89. The van der Waals surface area contributed by atoms with Crippen LogP contribution in [-0.4, -0.2) is 27.6 Å². The van der Waals surface area contributed by atoms with Crippen LogP contribution < -0.4 is 0 Å². The van der Waals surface area contributed by atoms with Crippen LogP contribution in [0.4, 0.5) is 4.39 Å². The molecule has 3 aromatic rings. The zero-order valence-corrected chi connectivity index (χ0v) is 15.1. The van der Waals surface area contributed by atoms with Gasteiger partial charge in [0.1, 0.15) is 5.82 Å². The van der Waals surface area contributed by atoms with Gasteiger partial charge in [-0.3, -0.25) is 4.90 Å². The van der Waals surface area contributed by atoms with Gasteiger partial charge in [0.15, 0.2) is 5.82 Å². The zero-order chi connectivity index (χ0) is 18.2. The van der Waals surface area contributed by atoms with E-state index >= 15 is 0 Å². The number of nitrogens with zero attached hydrogens (tertiary/aromatic N) is 3. The van der Waals surface area contributed by atoms with Gasteiger partial charge in [-0.2, -0.15) is 4.98 Å². The molecule has 0 N–H and O–H groups in total. The van der Waals surface area contributed by atoms with Crippen molar-refractivity contribution in [2.24, 2.45) is 0 Å². The molecule has 0 saturated carbocycles. The van der Waals surface area contributed by atoms with Crippen molar-refractivity contribution in [3.05, 3.63) is 83.3 Å². The zero-order valence-electron chi connectivity index (χ0n) is 15.1. The van der Waals surface area contributed by atoms with Crippen molar-refractivity contribution < 1.29 is 8.91 Å². The fourth-order valence-corrected chi connectivity index (χ4v) is 4.76. The lowest BCUT2D eigenvalue weighted by molar-refractivity contribution is 0.243. The van der Waals surface area contributed by atoms with E-state index in [0.29, 0.717) is 30.3 Å². The lowest BCUT2D eigenvalue weighted by Crippen LogP contribution is -2.27. The maximum absolute atomic E-state index is 13.4. The standard InChI is InChI=1S/C22H22FN3O/c23-17-9-4-6-15(12-17)13-21-24-22(25-27-21)18-14-20(16-7-2-1-3-8-16)26-11-5-10-19(18)26/h1-4,6-9,12,18-20H,5,10-11,13-14H2/t18-,19+,20-/m0/s1. The highest BCUT2D eigenvalue weighted by Gasteiger charge is 2.46. The molecule has 2 aliphatic heterocycles. The Labute approximate surface area is 158 Å². The summed E-state index contributed by atoms with van der Waals surface area (Å²) in [7, 11) is 0. The summed E-state index contributed by atoms with van der Waals surface area (Å²) < 4.78 is 18.9. The molecule has 4 nitrogen and oxygen atoms in total. The average molecular weight is 363 g/mol. The Hall–Kier alpha value is -2.53. The maximum Gasteiger partial charge on any atom is 0.231 e. The van der Waals surface area contributed by atoms with Gasteiger partial charge in [-0.15, -0.1) is 0 Å². The van der Waals surface area contributed by atoms with Gasteiger partial charge in [0, 0.05) is 18.0 Å². The van der Waals surface area contributed by atoms with Gasteiger partial charge in [-0.25, -0.2) is 4.39 Å². The van der Waals surface area contributed by atoms with Crippen molar-refractivity contribution in [3.63, 3.8) is 0 Å². The lowest BCUT2D eigenvalue weighted by atomic mass is 9.94. The molecule has 1 aromatic heterocycles. The molecular formula is C22H22FN3O. The Kier molecular flexibility index (Phi) is 4.24. The van der Waals surface area contributed by atoms with E-state index in [2.05, 4.69) is 45.4 Å². The summed E-state index contributed by atoms with van der Waals surface area (Å²) in [4.78, 5) is 7.29. The van der Waals surface area contributed by atoms with Gasteiger partial charge in [-0.1, -0.05) is 47.6 Å². The first-order chi connectivity index (χ1) is 13.3. The quantitative estimate of drug-likeness (QED) is 0.685. The van der Waals surface area contributed by atoms with Crippen molar-refractivity contribution in [2.75, 3.05) is 6.54 Å². The van der Waals surface area contributed by atoms with Gasteiger partial charge in [0.2, 0.25) is 5.89 Å². The molecule has 2 aromatic carbocycles. The highest BCUT2D eigenvalue weighted by molar-refractivity contribution is 5.25. The Morgan fingerprint density at radius 2 is 2.00 bits per heavy atom. The minimum Gasteiger partial charge on any atom is -0.339 e. The molecule has 5 heteroatoms. The summed E-state index contributed by atoms with van der Waals surface area (Å²) >= 11 is 0. The summed E-state index contributed by atoms with van der Waals surface area (Å²) in [5, 5.41) is 4.30. The first-order valence-electron chi connectivity index (χ1n) is 9.65. The van der Waals surface area contributed by atoms with Crippen LogP contribution in [0.15, 0.2) is 59.1 Å². The molecule has 0 radical (unpaired) electrons. The van der Waals surface area contributed by atoms with Crippen LogP contribution in [0.25, 0.3) is 0 Å². The third-order valence-corrected chi connectivity index (χ3v) is 5.93. The van der Waals surface area contributed by atoms with E-state index < -0.39 is 0 Å². The molecule has 5 rings (SSSR count). The molecule has 2 saturated heterocycles. The molecule has 3 heterocycles. The third-order valence-electron chi connectivity index (χ3n) is 5.93. The molecule has 0 amide bonds. The average Bonchev–Trinajstić information content (AvgIpc) is 3.39. The molecule has 138 valence electrons. The molecule has 27 heavy (non-hydrogen) atoms. The number of benzene rings is 2. The highest BCUT2D eigenvalue weighted by atomic mass is 19.1. The van der Waals surface area contributed by atoms with E-state index in [0.717, 1.165) is 24.4 Å². The highest BCUT2D eigenvalue weighted by Crippen LogP contribution is 2.48. The molecule has 0 aliphatic carbocycles. The Balaban J connectivity index is 1.38. The number of halogens is 1. The fraction of sp³-hybridized carbons (Fsp3) is 0.364.